The lowest BCUT2D eigenvalue weighted by Gasteiger charge is -2.23. The van der Waals surface area contributed by atoms with Crippen LogP contribution < -0.4 is 5.32 Å². The molecule has 3 N–H and O–H groups in total. The Kier molecular flexibility index (Phi) is 9.63. The summed E-state index contributed by atoms with van der Waals surface area (Å²) in [5.74, 6) is -3.09. The third-order valence-corrected chi connectivity index (χ3v) is 4.41. The number of hydrogen-bond acceptors (Lipinski definition) is 6. The van der Waals surface area contributed by atoms with Crippen molar-refractivity contribution in [1.82, 2.24) is 15.1 Å². The van der Waals surface area contributed by atoms with E-state index < -0.39 is 24.0 Å². The molecule has 3 amide bonds. The minimum Gasteiger partial charge on any atom is -0.481 e. The molecule has 164 valence electrons. The zero-order valence-corrected chi connectivity index (χ0v) is 17.2. The predicted octanol–water partition coefficient (Wildman–Crippen LogP) is 0.316. The van der Waals surface area contributed by atoms with Crippen LogP contribution in [-0.4, -0.2) is 75.9 Å². The number of rotatable bonds is 8. The second-order valence-electron chi connectivity index (χ2n) is 6.95. The standard InChI is InChI=1S/C16H21N3O3.C4H6O4/c1-11(15(21)17-10-12-7-5-4-6-8-12)19-14(20)9-13(16(19)22)18(2)3;5-3(6)1-2-4(7)8/h4-8,11,13H,9-10H2,1-3H3,(H,17,21);1-2H2,(H,5,6)(H,7,8)/t11-,13?;/m0./s1. The fourth-order valence-electron chi connectivity index (χ4n) is 2.71. The molecule has 1 aromatic carbocycles. The fourth-order valence-corrected chi connectivity index (χ4v) is 2.71. The van der Waals surface area contributed by atoms with Gasteiger partial charge in [-0.1, -0.05) is 30.3 Å². The van der Waals surface area contributed by atoms with Gasteiger partial charge >= 0.3 is 11.9 Å². The largest absolute Gasteiger partial charge is 0.481 e. The number of nitrogens with zero attached hydrogens (tertiary/aromatic N) is 2. The fraction of sp³-hybridized carbons (Fsp3) is 0.450. The normalized spacial score (nSPS) is 16.7. The van der Waals surface area contributed by atoms with Gasteiger partial charge in [-0.2, -0.15) is 0 Å². The first-order chi connectivity index (χ1) is 14.0. The van der Waals surface area contributed by atoms with Gasteiger partial charge in [-0.15, -0.1) is 0 Å². The molecule has 1 fully saturated rings. The minimum atomic E-state index is -1.08. The summed E-state index contributed by atoms with van der Waals surface area (Å²) < 4.78 is 0. The maximum absolute atomic E-state index is 12.3. The van der Waals surface area contributed by atoms with Gasteiger partial charge in [0.15, 0.2) is 0 Å². The Morgan fingerprint density at radius 3 is 2.07 bits per heavy atom. The lowest BCUT2D eigenvalue weighted by Crippen LogP contribution is -2.49. The summed E-state index contributed by atoms with van der Waals surface area (Å²) in [5, 5.41) is 18.6. The van der Waals surface area contributed by atoms with Crippen LogP contribution in [0.15, 0.2) is 30.3 Å². The molecule has 1 aliphatic heterocycles. The third-order valence-electron chi connectivity index (χ3n) is 4.41. The van der Waals surface area contributed by atoms with E-state index in [2.05, 4.69) is 5.32 Å². The maximum atomic E-state index is 12.3. The van der Waals surface area contributed by atoms with Crippen molar-refractivity contribution in [1.29, 1.82) is 0 Å². The van der Waals surface area contributed by atoms with Crippen LogP contribution in [0.3, 0.4) is 0 Å². The average Bonchev–Trinajstić information content (AvgIpc) is 2.99. The van der Waals surface area contributed by atoms with E-state index in [1.807, 2.05) is 30.3 Å². The van der Waals surface area contributed by atoms with Crippen molar-refractivity contribution in [2.75, 3.05) is 14.1 Å². The zero-order valence-electron chi connectivity index (χ0n) is 17.2. The lowest BCUT2D eigenvalue weighted by atomic mass is 10.2. The molecule has 10 nitrogen and oxygen atoms in total. The number of nitrogens with one attached hydrogen (secondary N) is 1. The molecular formula is C20H27N3O7. The number of hydrogen-bond donors (Lipinski definition) is 3. The minimum absolute atomic E-state index is 0.127. The number of benzene rings is 1. The van der Waals surface area contributed by atoms with Gasteiger partial charge in [0.05, 0.1) is 25.3 Å². The topological polar surface area (TPSA) is 144 Å². The van der Waals surface area contributed by atoms with Gasteiger partial charge in [0.2, 0.25) is 17.7 Å². The van der Waals surface area contributed by atoms with Gasteiger partial charge in [-0.3, -0.25) is 33.8 Å². The molecule has 30 heavy (non-hydrogen) atoms. The van der Waals surface area contributed by atoms with Crippen molar-refractivity contribution < 1.29 is 34.2 Å². The SMILES string of the molecule is C[C@@H](C(=O)NCc1ccccc1)N1C(=O)CC(N(C)C)C1=O.O=C(O)CCC(=O)O. The Bertz CT molecular complexity index is 766. The number of carboxylic acid groups (broad SMARTS) is 2. The molecule has 2 rings (SSSR count). The highest BCUT2D eigenvalue weighted by Gasteiger charge is 2.43. The van der Waals surface area contributed by atoms with E-state index in [1.165, 1.54) is 0 Å². The van der Waals surface area contributed by atoms with Crippen LogP contribution in [0.25, 0.3) is 0 Å². The highest BCUT2D eigenvalue weighted by atomic mass is 16.4. The second-order valence-corrected chi connectivity index (χ2v) is 6.95. The molecule has 1 aromatic rings. The van der Waals surface area contributed by atoms with E-state index in [4.69, 9.17) is 10.2 Å². The molecule has 0 aliphatic carbocycles. The summed E-state index contributed by atoms with van der Waals surface area (Å²) in [6.45, 7) is 1.95. The quantitative estimate of drug-likeness (QED) is 0.509. The molecule has 0 radical (unpaired) electrons. The first-order valence-electron chi connectivity index (χ1n) is 9.32. The number of carboxylic acids is 2. The van der Waals surface area contributed by atoms with Gasteiger partial charge in [-0.25, -0.2) is 0 Å². The van der Waals surface area contributed by atoms with E-state index in [9.17, 15) is 24.0 Å². The monoisotopic (exact) mass is 421 g/mol. The molecule has 1 saturated heterocycles. The smallest absolute Gasteiger partial charge is 0.303 e. The number of likely N-dealkylation sites (tertiary alicyclic amines) is 1. The molecule has 0 bridgehead atoms. The van der Waals surface area contributed by atoms with Crippen molar-refractivity contribution >= 4 is 29.7 Å². The van der Waals surface area contributed by atoms with Crippen LogP contribution >= 0.6 is 0 Å². The molecule has 0 aromatic heterocycles. The van der Waals surface area contributed by atoms with Gasteiger partial charge in [0, 0.05) is 6.54 Å². The molecule has 10 heteroatoms. The van der Waals surface area contributed by atoms with Crippen LogP contribution in [0.1, 0.15) is 31.7 Å². The van der Waals surface area contributed by atoms with Gasteiger partial charge < -0.3 is 15.5 Å². The van der Waals surface area contributed by atoms with E-state index in [0.717, 1.165) is 10.5 Å². The zero-order chi connectivity index (χ0) is 22.8. The van der Waals surface area contributed by atoms with Crippen molar-refractivity contribution in [3.63, 3.8) is 0 Å². The van der Waals surface area contributed by atoms with Crippen LogP contribution in [0.2, 0.25) is 0 Å². The molecule has 0 saturated carbocycles. The van der Waals surface area contributed by atoms with Crippen LogP contribution in [0, 0.1) is 0 Å². The predicted molar refractivity (Wildman–Crippen MR) is 106 cm³/mol. The lowest BCUT2D eigenvalue weighted by molar-refractivity contribution is -0.147. The molecule has 2 atom stereocenters. The second kappa shape index (κ2) is 11.7. The van der Waals surface area contributed by atoms with Gasteiger partial charge in [0.1, 0.15) is 6.04 Å². The van der Waals surface area contributed by atoms with Crippen molar-refractivity contribution in [3.8, 4) is 0 Å². The van der Waals surface area contributed by atoms with Gasteiger partial charge in [0.25, 0.3) is 0 Å². The Morgan fingerprint density at radius 2 is 1.63 bits per heavy atom. The molecule has 1 aliphatic rings. The first-order valence-corrected chi connectivity index (χ1v) is 9.32. The number of amides is 3. The first kappa shape index (κ1) is 24.8. The number of imide groups is 1. The Balaban J connectivity index is 0.000000479. The summed E-state index contributed by atoms with van der Waals surface area (Å²) in [6.07, 6.45) is -0.465. The summed E-state index contributed by atoms with van der Waals surface area (Å²) in [6, 6.07) is 8.21. The number of likely N-dealkylation sites (N-methyl/N-ethyl adjacent to an activating group) is 1. The highest BCUT2D eigenvalue weighted by molar-refractivity contribution is 6.08. The number of aliphatic carboxylic acids is 2. The van der Waals surface area contributed by atoms with Crippen molar-refractivity contribution in [2.45, 2.75) is 44.8 Å². The summed E-state index contributed by atoms with van der Waals surface area (Å²) in [7, 11) is 3.50. The van der Waals surface area contributed by atoms with Crippen molar-refractivity contribution in [3.05, 3.63) is 35.9 Å². The van der Waals surface area contributed by atoms with Crippen LogP contribution in [0.5, 0.6) is 0 Å². The van der Waals surface area contributed by atoms with E-state index in [-0.39, 0.29) is 37.0 Å². The van der Waals surface area contributed by atoms with Crippen molar-refractivity contribution in [2.24, 2.45) is 0 Å². The molecular weight excluding hydrogens is 394 g/mol. The third kappa shape index (κ3) is 7.63. The summed E-state index contributed by atoms with van der Waals surface area (Å²) in [4.78, 5) is 58.5. The van der Waals surface area contributed by atoms with E-state index >= 15 is 0 Å². The molecule has 1 heterocycles. The highest BCUT2D eigenvalue weighted by Crippen LogP contribution is 2.19. The van der Waals surface area contributed by atoms with Crippen LogP contribution in [-0.2, 0) is 30.5 Å². The summed E-state index contributed by atoms with van der Waals surface area (Å²) >= 11 is 0. The van der Waals surface area contributed by atoms with Gasteiger partial charge in [-0.05, 0) is 26.6 Å². The number of carbonyl (C=O) groups is 5. The summed E-state index contributed by atoms with van der Waals surface area (Å²) in [5.41, 5.74) is 0.966. The average molecular weight is 421 g/mol. The Hall–Kier alpha value is -3.27. The molecule has 0 spiro atoms. The Morgan fingerprint density at radius 1 is 1.10 bits per heavy atom. The van der Waals surface area contributed by atoms with E-state index in [0.29, 0.717) is 6.54 Å². The van der Waals surface area contributed by atoms with E-state index in [1.54, 1.807) is 25.9 Å². The number of carbonyl (C=O) groups excluding carboxylic acids is 3. The van der Waals surface area contributed by atoms with Crippen LogP contribution in [0.4, 0.5) is 0 Å². The molecule has 1 unspecified atom stereocenters. The maximum Gasteiger partial charge on any atom is 0.303 e. The Labute approximate surface area is 174 Å².